The zero-order valence-corrected chi connectivity index (χ0v) is 8.22. The molecule has 0 aliphatic carbocycles. The molecule has 0 fully saturated rings. The number of hydrogen-bond acceptors (Lipinski definition) is 1. The zero-order valence-electron chi connectivity index (χ0n) is 8.22. The average Bonchev–Trinajstić information content (AvgIpc) is 1.97. The predicted molar refractivity (Wildman–Crippen MR) is 51.7 cm³/mol. The van der Waals surface area contributed by atoms with E-state index in [9.17, 15) is 0 Å². The molecule has 0 aliphatic rings. The monoisotopic (exact) mass is 155 g/mol. The molecule has 0 aliphatic heterocycles. The maximum Gasteiger partial charge on any atom is 0.00164 e. The Bertz CT molecular complexity index is 105. The van der Waals surface area contributed by atoms with Crippen molar-refractivity contribution in [2.24, 2.45) is 5.92 Å². The van der Waals surface area contributed by atoms with Gasteiger partial charge in [0.25, 0.3) is 0 Å². The minimum atomic E-state index is 0.606. The van der Waals surface area contributed by atoms with E-state index in [0.29, 0.717) is 12.0 Å². The summed E-state index contributed by atoms with van der Waals surface area (Å²) in [5.41, 5.74) is 0. The number of allylic oxidation sites excluding steroid dienone is 1. The quantitative estimate of drug-likeness (QED) is 0.602. The minimum Gasteiger partial charge on any atom is -0.314 e. The second-order valence-corrected chi connectivity index (χ2v) is 3.26. The van der Waals surface area contributed by atoms with E-state index in [0.717, 1.165) is 6.54 Å². The number of rotatable bonds is 5. The SMILES string of the molecule is C/C=C\C(CC)CNC(C)C. The molecular weight excluding hydrogens is 134 g/mol. The lowest BCUT2D eigenvalue weighted by molar-refractivity contribution is 0.500. The van der Waals surface area contributed by atoms with Crippen molar-refractivity contribution < 1.29 is 0 Å². The van der Waals surface area contributed by atoms with Crippen LogP contribution in [0.2, 0.25) is 0 Å². The summed E-state index contributed by atoms with van der Waals surface area (Å²) in [4.78, 5) is 0. The molecule has 1 N–H and O–H groups in total. The molecule has 1 nitrogen and oxygen atoms in total. The summed E-state index contributed by atoms with van der Waals surface area (Å²) in [5.74, 6) is 0.711. The van der Waals surface area contributed by atoms with Gasteiger partial charge in [-0.2, -0.15) is 0 Å². The fraction of sp³-hybridized carbons (Fsp3) is 0.800. The van der Waals surface area contributed by atoms with E-state index in [1.54, 1.807) is 0 Å². The van der Waals surface area contributed by atoms with Crippen LogP contribution in [-0.2, 0) is 0 Å². The summed E-state index contributed by atoms with van der Waals surface area (Å²) in [5, 5.41) is 3.43. The lowest BCUT2D eigenvalue weighted by atomic mass is 10.1. The first-order chi connectivity index (χ1) is 5.20. The highest BCUT2D eigenvalue weighted by Crippen LogP contribution is 2.02. The molecule has 1 heteroatoms. The summed E-state index contributed by atoms with van der Waals surface area (Å²) in [6.45, 7) is 9.79. The molecule has 0 spiro atoms. The Morgan fingerprint density at radius 3 is 2.36 bits per heavy atom. The van der Waals surface area contributed by atoms with Gasteiger partial charge in [0.15, 0.2) is 0 Å². The van der Waals surface area contributed by atoms with Crippen molar-refractivity contribution in [3.63, 3.8) is 0 Å². The third kappa shape index (κ3) is 6.11. The number of nitrogens with one attached hydrogen (secondary N) is 1. The Kier molecular flexibility index (Phi) is 6.24. The van der Waals surface area contributed by atoms with Crippen LogP contribution in [0, 0.1) is 5.92 Å². The average molecular weight is 155 g/mol. The normalized spacial score (nSPS) is 14.6. The van der Waals surface area contributed by atoms with E-state index in [1.165, 1.54) is 6.42 Å². The van der Waals surface area contributed by atoms with Crippen LogP contribution in [0.25, 0.3) is 0 Å². The molecule has 0 heterocycles. The fourth-order valence-corrected chi connectivity index (χ4v) is 1.01. The van der Waals surface area contributed by atoms with Gasteiger partial charge in [-0.3, -0.25) is 0 Å². The molecule has 0 saturated carbocycles. The van der Waals surface area contributed by atoms with Crippen molar-refractivity contribution in [2.75, 3.05) is 6.54 Å². The predicted octanol–water partition coefficient (Wildman–Crippen LogP) is 2.59. The van der Waals surface area contributed by atoms with Crippen molar-refractivity contribution in [1.82, 2.24) is 5.32 Å². The van der Waals surface area contributed by atoms with Crippen LogP contribution in [0.15, 0.2) is 12.2 Å². The first-order valence-corrected chi connectivity index (χ1v) is 4.56. The smallest absolute Gasteiger partial charge is 0.00164 e. The highest BCUT2D eigenvalue weighted by molar-refractivity contribution is 4.86. The largest absolute Gasteiger partial charge is 0.314 e. The van der Waals surface area contributed by atoms with Crippen LogP contribution in [0.3, 0.4) is 0 Å². The van der Waals surface area contributed by atoms with Crippen molar-refractivity contribution >= 4 is 0 Å². The van der Waals surface area contributed by atoms with Gasteiger partial charge in [0.2, 0.25) is 0 Å². The molecule has 66 valence electrons. The van der Waals surface area contributed by atoms with Gasteiger partial charge >= 0.3 is 0 Å². The Balaban J connectivity index is 3.52. The van der Waals surface area contributed by atoms with Crippen LogP contribution in [-0.4, -0.2) is 12.6 Å². The molecule has 0 aromatic rings. The highest BCUT2D eigenvalue weighted by atomic mass is 14.9. The molecule has 0 amide bonds. The van der Waals surface area contributed by atoms with Gasteiger partial charge in [0, 0.05) is 12.6 Å². The van der Waals surface area contributed by atoms with E-state index in [2.05, 4.69) is 45.2 Å². The third-order valence-electron chi connectivity index (χ3n) is 1.78. The molecule has 0 aromatic carbocycles. The summed E-state index contributed by atoms with van der Waals surface area (Å²) >= 11 is 0. The molecule has 0 saturated heterocycles. The standard InChI is InChI=1S/C10H21N/c1-5-7-10(6-2)8-11-9(3)4/h5,7,9-11H,6,8H2,1-4H3/b7-5-. The maximum absolute atomic E-state index is 3.43. The van der Waals surface area contributed by atoms with Gasteiger partial charge in [-0.1, -0.05) is 32.9 Å². The molecular formula is C10H21N. The number of hydrogen-bond donors (Lipinski definition) is 1. The van der Waals surface area contributed by atoms with Crippen LogP contribution in [0.5, 0.6) is 0 Å². The molecule has 1 unspecified atom stereocenters. The zero-order chi connectivity index (χ0) is 8.69. The minimum absolute atomic E-state index is 0.606. The van der Waals surface area contributed by atoms with Crippen LogP contribution in [0.4, 0.5) is 0 Å². The molecule has 11 heavy (non-hydrogen) atoms. The lowest BCUT2D eigenvalue weighted by Gasteiger charge is -2.13. The molecule has 0 rings (SSSR count). The van der Waals surface area contributed by atoms with Crippen molar-refractivity contribution in [3.8, 4) is 0 Å². The van der Waals surface area contributed by atoms with Gasteiger partial charge in [0.1, 0.15) is 0 Å². The van der Waals surface area contributed by atoms with Gasteiger partial charge in [-0.15, -0.1) is 0 Å². The first-order valence-electron chi connectivity index (χ1n) is 4.56. The van der Waals surface area contributed by atoms with Crippen LogP contribution >= 0.6 is 0 Å². The van der Waals surface area contributed by atoms with Gasteiger partial charge in [-0.05, 0) is 19.3 Å². The van der Waals surface area contributed by atoms with Crippen molar-refractivity contribution in [3.05, 3.63) is 12.2 Å². The Hall–Kier alpha value is -0.300. The Morgan fingerprint density at radius 1 is 1.36 bits per heavy atom. The van der Waals surface area contributed by atoms with Gasteiger partial charge < -0.3 is 5.32 Å². The summed E-state index contributed by atoms with van der Waals surface area (Å²) < 4.78 is 0. The van der Waals surface area contributed by atoms with Crippen molar-refractivity contribution in [2.45, 2.75) is 40.2 Å². The molecule has 0 bridgehead atoms. The molecule has 0 aromatic heterocycles. The topological polar surface area (TPSA) is 12.0 Å². The van der Waals surface area contributed by atoms with Crippen LogP contribution < -0.4 is 5.32 Å². The lowest BCUT2D eigenvalue weighted by Crippen LogP contribution is -2.27. The second-order valence-electron chi connectivity index (χ2n) is 3.26. The van der Waals surface area contributed by atoms with Gasteiger partial charge in [0.05, 0.1) is 0 Å². The molecule has 0 radical (unpaired) electrons. The van der Waals surface area contributed by atoms with Crippen molar-refractivity contribution in [1.29, 1.82) is 0 Å². The van der Waals surface area contributed by atoms with E-state index < -0.39 is 0 Å². The third-order valence-corrected chi connectivity index (χ3v) is 1.78. The maximum atomic E-state index is 3.43. The van der Waals surface area contributed by atoms with Gasteiger partial charge in [-0.25, -0.2) is 0 Å². The van der Waals surface area contributed by atoms with E-state index in [1.807, 2.05) is 0 Å². The Labute approximate surface area is 70.9 Å². The van der Waals surface area contributed by atoms with Crippen LogP contribution in [0.1, 0.15) is 34.1 Å². The van der Waals surface area contributed by atoms with E-state index in [-0.39, 0.29) is 0 Å². The van der Waals surface area contributed by atoms with E-state index in [4.69, 9.17) is 0 Å². The summed E-state index contributed by atoms with van der Waals surface area (Å²) in [6.07, 6.45) is 5.63. The Morgan fingerprint density at radius 2 is 2.00 bits per heavy atom. The first kappa shape index (κ1) is 10.7. The van der Waals surface area contributed by atoms with E-state index >= 15 is 0 Å². The second kappa shape index (κ2) is 6.41. The summed E-state index contributed by atoms with van der Waals surface area (Å²) in [6, 6.07) is 0.606. The fourth-order valence-electron chi connectivity index (χ4n) is 1.01. The molecule has 1 atom stereocenters. The summed E-state index contributed by atoms with van der Waals surface area (Å²) in [7, 11) is 0. The highest BCUT2D eigenvalue weighted by Gasteiger charge is 2.00.